The van der Waals surface area contributed by atoms with Crippen molar-refractivity contribution in [3.63, 3.8) is 0 Å². The lowest BCUT2D eigenvalue weighted by atomic mass is 10.4. The molecule has 0 bridgehead atoms. The molecule has 7 heteroatoms. The van der Waals surface area contributed by atoms with Crippen LogP contribution in [0.25, 0.3) is 0 Å². The van der Waals surface area contributed by atoms with Crippen LogP contribution in [0.1, 0.15) is 6.42 Å². The zero-order valence-electron chi connectivity index (χ0n) is 8.98. The fraction of sp³-hybridized carbons (Fsp3) is 0.300. The van der Waals surface area contributed by atoms with E-state index in [4.69, 9.17) is 11.6 Å². The van der Waals surface area contributed by atoms with Gasteiger partial charge in [0.2, 0.25) is 5.96 Å². The highest BCUT2D eigenvalue weighted by atomic mass is 35.5. The molecular formula is C10H12ClN3O2S. The van der Waals surface area contributed by atoms with E-state index in [1.54, 1.807) is 0 Å². The van der Waals surface area contributed by atoms with Crippen molar-refractivity contribution in [2.45, 2.75) is 11.3 Å². The van der Waals surface area contributed by atoms with Gasteiger partial charge in [0.05, 0.1) is 4.90 Å². The van der Waals surface area contributed by atoms with Gasteiger partial charge in [-0.15, -0.1) is 4.40 Å². The summed E-state index contributed by atoms with van der Waals surface area (Å²) in [5.74, 6) is 0.297. The van der Waals surface area contributed by atoms with Crippen LogP contribution in [0, 0.1) is 0 Å². The van der Waals surface area contributed by atoms with Gasteiger partial charge in [-0.05, 0) is 30.7 Å². The molecule has 1 aromatic rings. The Hall–Kier alpha value is -1.27. The quantitative estimate of drug-likeness (QED) is 0.842. The summed E-state index contributed by atoms with van der Waals surface area (Å²) in [4.78, 5) is 0.128. The van der Waals surface area contributed by atoms with Gasteiger partial charge in [-0.25, -0.2) is 0 Å². The van der Waals surface area contributed by atoms with Crippen LogP contribution in [0.15, 0.2) is 33.6 Å². The summed E-state index contributed by atoms with van der Waals surface area (Å²) in [6.07, 6.45) is 0.944. The number of sulfonamides is 1. The van der Waals surface area contributed by atoms with E-state index < -0.39 is 10.0 Å². The van der Waals surface area contributed by atoms with E-state index in [1.807, 2.05) is 0 Å². The van der Waals surface area contributed by atoms with Crippen molar-refractivity contribution in [1.82, 2.24) is 10.6 Å². The molecule has 92 valence electrons. The van der Waals surface area contributed by atoms with Gasteiger partial charge >= 0.3 is 0 Å². The van der Waals surface area contributed by atoms with Crippen LogP contribution in [0.2, 0.25) is 5.02 Å². The lowest BCUT2D eigenvalue weighted by molar-refractivity contribution is 0.596. The smallest absolute Gasteiger partial charge is 0.285 e. The van der Waals surface area contributed by atoms with E-state index in [0.29, 0.717) is 11.0 Å². The summed E-state index contributed by atoms with van der Waals surface area (Å²) in [5.41, 5.74) is 0. The maximum atomic E-state index is 11.9. The van der Waals surface area contributed by atoms with E-state index in [9.17, 15) is 8.42 Å². The van der Waals surface area contributed by atoms with Gasteiger partial charge in [0.15, 0.2) is 0 Å². The SMILES string of the molecule is O=S(=O)(N=C1NCCCN1)c1ccc(Cl)cc1. The van der Waals surface area contributed by atoms with Crippen molar-refractivity contribution in [1.29, 1.82) is 0 Å². The van der Waals surface area contributed by atoms with Gasteiger partial charge in [-0.2, -0.15) is 8.42 Å². The van der Waals surface area contributed by atoms with Gasteiger partial charge < -0.3 is 10.6 Å². The number of nitrogens with one attached hydrogen (secondary N) is 2. The zero-order chi connectivity index (χ0) is 12.3. The summed E-state index contributed by atoms with van der Waals surface area (Å²) in [7, 11) is -3.67. The van der Waals surface area contributed by atoms with Gasteiger partial charge in [0.1, 0.15) is 0 Å². The molecule has 0 radical (unpaired) electrons. The van der Waals surface area contributed by atoms with Gasteiger partial charge in [0, 0.05) is 18.1 Å². The molecule has 5 nitrogen and oxygen atoms in total. The number of halogens is 1. The first-order valence-corrected chi connectivity index (χ1v) is 6.98. The van der Waals surface area contributed by atoms with Gasteiger partial charge in [-0.3, -0.25) is 0 Å². The first kappa shape index (κ1) is 12.2. The largest absolute Gasteiger partial charge is 0.355 e. The van der Waals surface area contributed by atoms with Crippen LogP contribution in [-0.2, 0) is 10.0 Å². The normalized spacial score (nSPS) is 15.9. The van der Waals surface area contributed by atoms with Crippen LogP contribution in [0.5, 0.6) is 0 Å². The molecule has 1 aliphatic rings. The number of nitrogens with zero attached hydrogens (tertiary/aromatic N) is 1. The Morgan fingerprint density at radius 2 is 1.71 bits per heavy atom. The molecule has 0 saturated carbocycles. The standard InChI is InChI=1S/C10H12ClN3O2S/c11-8-2-4-9(5-3-8)17(15,16)14-10-12-6-1-7-13-10/h2-5H,1,6-7H2,(H2,12,13,14). The summed E-state index contributed by atoms with van der Waals surface area (Å²) >= 11 is 5.70. The molecule has 0 amide bonds. The van der Waals surface area contributed by atoms with Crippen LogP contribution >= 0.6 is 11.6 Å². The third kappa shape index (κ3) is 3.10. The average Bonchev–Trinajstić information content (AvgIpc) is 2.30. The Bertz CT molecular complexity index is 517. The van der Waals surface area contributed by atoms with E-state index in [1.165, 1.54) is 24.3 Å². The summed E-state index contributed by atoms with van der Waals surface area (Å²) in [6, 6.07) is 5.92. The van der Waals surface area contributed by atoms with Crippen molar-refractivity contribution < 1.29 is 8.42 Å². The monoisotopic (exact) mass is 273 g/mol. The first-order chi connectivity index (χ1) is 8.08. The molecular weight excluding hydrogens is 262 g/mol. The molecule has 1 heterocycles. The fourth-order valence-corrected chi connectivity index (χ4v) is 2.49. The predicted octanol–water partition coefficient (Wildman–Crippen LogP) is 0.968. The second kappa shape index (κ2) is 4.93. The molecule has 1 aliphatic heterocycles. The van der Waals surface area contributed by atoms with Crippen LogP contribution < -0.4 is 10.6 Å². The highest BCUT2D eigenvalue weighted by Crippen LogP contribution is 2.16. The first-order valence-electron chi connectivity index (χ1n) is 5.16. The second-order valence-electron chi connectivity index (χ2n) is 3.58. The molecule has 2 N–H and O–H groups in total. The van der Waals surface area contributed by atoms with Gasteiger partial charge in [0.25, 0.3) is 10.0 Å². The summed E-state index contributed by atoms with van der Waals surface area (Å²) in [6.45, 7) is 1.45. The number of benzene rings is 1. The van der Waals surface area contributed by atoms with Crippen LogP contribution in [0.4, 0.5) is 0 Å². The van der Waals surface area contributed by atoms with Crippen molar-refractivity contribution in [3.05, 3.63) is 29.3 Å². The average molecular weight is 274 g/mol. The van der Waals surface area contributed by atoms with Gasteiger partial charge in [-0.1, -0.05) is 11.6 Å². The molecule has 0 unspecified atom stereocenters. The maximum Gasteiger partial charge on any atom is 0.285 e. The highest BCUT2D eigenvalue weighted by molar-refractivity contribution is 7.90. The predicted molar refractivity (Wildman–Crippen MR) is 66.7 cm³/mol. The molecule has 2 rings (SSSR count). The van der Waals surface area contributed by atoms with Crippen molar-refractivity contribution >= 4 is 27.6 Å². The van der Waals surface area contributed by atoms with Crippen molar-refractivity contribution in [2.75, 3.05) is 13.1 Å². The molecule has 1 saturated heterocycles. The number of rotatable bonds is 2. The molecule has 17 heavy (non-hydrogen) atoms. The number of hydrogen-bond donors (Lipinski definition) is 2. The van der Waals surface area contributed by atoms with Crippen LogP contribution in [0.3, 0.4) is 0 Å². The molecule has 0 atom stereocenters. The molecule has 0 aliphatic carbocycles. The van der Waals surface area contributed by atoms with Crippen LogP contribution in [-0.4, -0.2) is 27.5 Å². The topological polar surface area (TPSA) is 70.6 Å². The highest BCUT2D eigenvalue weighted by Gasteiger charge is 2.15. The Labute approximate surface area is 105 Å². The minimum atomic E-state index is -3.67. The lowest BCUT2D eigenvalue weighted by Crippen LogP contribution is -2.44. The Kier molecular flexibility index (Phi) is 3.54. The van der Waals surface area contributed by atoms with E-state index in [-0.39, 0.29) is 4.90 Å². The number of guanidine groups is 1. The fourth-order valence-electron chi connectivity index (χ4n) is 1.41. The Morgan fingerprint density at radius 1 is 1.12 bits per heavy atom. The number of hydrogen-bond acceptors (Lipinski definition) is 2. The maximum absolute atomic E-state index is 11.9. The third-order valence-corrected chi connectivity index (χ3v) is 3.80. The van der Waals surface area contributed by atoms with E-state index >= 15 is 0 Å². The Balaban J connectivity index is 2.27. The van der Waals surface area contributed by atoms with E-state index in [2.05, 4.69) is 15.0 Å². The minimum absolute atomic E-state index is 0.128. The molecule has 0 aromatic heterocycles. The lowest BCUT2D eigenvalue weighted by Gasteiger charge is -2.17. The molecule has 1 aromatic carbocycles. The zero-order valence-corrected chi connectivity index (χ0v) is 10.6. The van der Waals surface area contributed by atoms with Crippen molar-refractivity contribution in [2.24, 2.45) is 4.40 Å². The summed E-state index contributed by atoms with van der Waals surface area (Å²) in [5, 5.41) is 6.27. The molecule has 1 fully saturated rings. The van der Waals surface area contributed by atoms with Crippen molar-refractivity contribution in [3.8, 4) is 0 Å². The Morgan fingerprint density at radius 3 is 2.29 bits per heavy atom. The third-order valence-electron chi connectivity index (χ3n) is 2.26. The minimum Gasteiger partial charge on any atom is -0.355 e. The molecule has 0 spiro atoms. The summed E-state index contributed by atoms with van der Waals surface area (Å²) < 4.78 is 27.5. The second-order valence-corrected chi connectivity index (χ2v) is 5.62. The van der Waals surface area contributed by atoms with E-state index in [0.717, 1.165) is 19.5 Å².